The summed E-state index contributed by atoms with van der Waals surface area (Å²) in [5.74, 6) is -2.10. The van der Waals surface area contributed by atoms with E-state index in [2.05, 4.69) is 9.64 Å². The van der Waals surface area contributed by atoms with Crippen LogP contribution in [0.4, 0.5) is 24.5 Å². The van der Waals surface area contributed by atoms with Crippen molar-refractivity contribution in [3.8, 4) is 16.9 Å². The molecule has 3 aromatic rings. The number of piperazine rings is 1. The first-order valence-corrected chi connectivity index (χ1v) is 14.5. The fraction of sp³-hybridized carbons (Fsp3) is 0.345. The molecule has 1 saturated heterocycles. The van der Waals surface area contributed by atoms with Crippen molar-refractivity contribution in [3.63, 3.8) is 0 Å². The van der Waals surface area contributed by atoms with Crippen LogP contribution in [-0.4, -0.2) is 68.8 Å². The number of aliphatic carboxylic acids is 1. The first kappa shape index (κ1) is 28.7. The molecule has 5 rings (SSSR count). The Hall–Kier alpha value is -3.77. The quantitative estimate of drug-likeness (QED) is 0.417. The molecule has 0 aliphatic carbocycles. The maximum absolute atomic E-state index is 14.4. The number of anilines is 2. The van der Waals surface area contributed by atoms with Gasteiger partial charge in [-0.25, -0.2) is 12.8 Å². The fourth-order valence-electron chi connectivity index (χ4n) is 5.44. The lowest BCUT2D eigenvalue weighted by molar-refractivity contribution is -0.149. The maximum atomic E-state index is 14.4. The highest BCUT2D eigenvalue weighted by Gasteiger charge is 2.44. The number of nitrogens with zero attached hydrogens (tertiary/aromatic N) is 3. The molecular formula is C29H30F3N3O5S. The molecule has 0 bridgehead atoms. The molecule has 3 aromatic carbocycles. The Morgan fingerprint density at radius 2 is 1.76 bits per heavy atom. The Kier molecular flexibility index (Phi) is 7.41. The van der Waals surface area contributed by atoms with Gasteiger partial charge in [0.25, 0.3) is 10.0 Å². The van der Waals surface area contributed by atoms with Gasteiger partial charge in [0.1, 0.15) is 17.1 Å². The Morgan fingerprint density at radius 3 is 2.44 bits per heavy atom. The van der Waals surface area contributed by atoms with Gasteiger partial charge in [0.05, 0.1) is 28.9 Å². The standard InChI is InChI=1S/C29H30F3N3O5S/c1-18-5-4-6-24(11-18)41(38,39)35-17-22-16-33(29(2,3)27(36)37)9-10-34(22)25-8-7-19(14-26(25)35)20-12-21(30)15-23(13-20)40-28(31)32/h4-8,11-15,22,28H,9-10,16-17H2,1-3H3,(H,36,37)/t22-/m0/s1. The Bertz CT molecular complexity index is 1600. The second-order valence-corrected chi connectivity index (χ2v) is 12.6. The molecule has 2 heterocycles. The molecular weight excluding hydrogens is 559 g/mol. The zero-order valence-corrected chi connectivity index (χ0v) is 23.5. The van der Waals surface area contributed by atoms with Gasteiger partial charge in [0.15, 0.2) is 0 Å². The molecule has 41 heavy (non-hydrogen) atoms. The SMILES string of the molecule is Cc1cccc(S(=O)(=O)N2C[C@@H]3CN(C(C)(C)C(=O)O)CCN3c3ccc(-c4cc(F)cc(OC(F)F)c4)cc32)c1. The van der Waals surface area contributed by atoms with Crippen LogP contribution in [0.25, 0.3) is 11.1 Å². The van der Waals surface area contributed by atoms with Crippen LogP contribution in [0.2, 0.25) is 0 Å². The molecule has 0 unspecified atom stereocenters. The summed E-state index contributed by atoms with van der Waals surface area (Å²) in [5, 5.41) is 9.79. The van der Waals surface area contributed by atoms with Crippen molar-refractivity contribution in [2.75, 3.05) is 35.4 Å². The number of hydrogen-bond acceptors (Lipinski definition) is 6. The lowest BCUT2D eigenvalue weighted by Crippen LogP contribution is -2.65. The number of hydrogen-bond donors (Lipinski definition) is 1. The number of carboxylic acids is 1. The summed E-state index contributed by atoms with van der Waals surface area (Å²) in [7, 11) is -4.08. The molecule has 1 fully saturated rings. The lowest BCUT2D eigenvalue weighted by atomic mass is 9.96. The van der Waals surface area contributed by atoms with Crippen LogP contribution >= 0.6 is 0 Å². The van der Waals surface area contributed by atoms with Gasteiger partial charge >= 0.3 is 12.6 Å². The summed E-state index contributed by atoms with van der Waals surface area (Å²) in [6, 6.07) is 14.5. The number of aryl methyl sites for hydroxylation is 1. The predicted molar refractivity (Wildman–Crippen MR) is 149 cm³/mol. The molecule has 2 aliphatic heterocycles. The minimum Gasteiger partial charge on any atom is -0.480 e. The van der Waals surface area contributed by atoms with Gasteiger partial charge in [-0.05, 0) is 73.9 Å². The van der Waals surface area contributed by atoms with Crippen LogP contribution in [0.15, 0.2) is 65.6 Å². The van der Waals surface area contributed by atoms with Gasteiger partial charge in [0.2, 0.25) is 0 Å². The topological polar surface area (TPSA) is 90.4 Å². The van der Waals surface area contributed by atoms with Gasteiger partial charge in [-0.1, -0.05) is 18.2 Å². The van der Waals surface area contributed by atoms with Gasteiger partial charge in [-0.3, -0.25) is 14.0 Å². The van der Waals surface area contributed by atoms with E-state index >= 15 is 0 Å². The molecule has 218 valence electrons. The van der Waals surface area contributed by atoms with E-state index in [1.54, 1.807) is 57.2 Å². The highest BCUT2D eigenvalue weighted by Crippen LogP contribution is 2.43. The minimum atomic E-state index is -4.08. The number of rotatable bonds is 7. The largest absolute Gasteiger partial charge is 0.480 e. The molecule has 1 N–H and O–H groups in total. The van der Waals surface area contributed by atoms with E-state index in [4.69, 9.17) is 0 Å². The highest BCUT2D eigenvalue weighted by atomic mass is 32.2. The van der Waals surface area contributed by atoms with Crippen molar-refractivity contribution in [1.82, 2.24) is 4.90 Å². The molecule has 1 atom stereocenters. The van der Waals surface area contributed by atoms with Crippen LogP contribution in [0.3, 0.4) is 0 Å². The van der Waals surface area contributed by atoms with Crippen LogP contribution in [-0.2, 0) is 14.8 Å². The third kappa shape index (κ3) is 5.45. The van der Waals surface area contributed by atoms with E-state index in [-0.39, 0.29) is 28.8 Å². The highest BCUT2D eigenvalue weighted by molar-refractivity contribution is 7.92. The molecule has 0 saturated carbocycles. The number of benzene rings is 3. The Balaban J connectivity index is 1.62. The average Bonchev–Trinajstić information content (AvgIpc) is 2.91. The Labute approximate surface area is 236 Å². The number of halogens is 3. The van der Waals surface area contributed by atoms with E-state index in [1.807, 2.05) is 4.90 Å². The van der Waals surface area contributed by atoms with E-state index < -0.39 is 34.0 Å². The number of fused-ring (bicyclic) bond motifs is 3. The van der Waals surface area contributed by atoms with Gasteiger partial charge < -0.3 is 14.7 Å². The smallest absolute Gasteiger partial charge is 0.387 e. The van der Waals surface area contributed by atoms with Gasteiger partial charge in [-0.2, -0.15) is 8.78 Å². The van der Waals surface area contributed by atoms with E-state index in [1.165, 1.54) is 16.4 Å². The van der Waals surface area contributed by atoms with Crippen molar-refractivity contribution in [2.24, 2.45) is 0 Å². The number of carboxylic acid groups (broad SMARTS) is 1. The monoisotopic (exact) mass is 589 g/mol. The molecule has 12 heteroatoms. The van der Waals surface area contributed by atoms with Crippen LogP contribution in [0.5, 0.6) is 5.75 Å². The van der Waals surface area contributed by atoms with Gasteiger partial charge in [0, 0.05) is 25.7 Å². The summed E-state index contributed by atoms with van der Waals surface area (Å²) < 4.78 is 73.9. The Morgan fingerprint density at radius 1 is 1.00 bits per heavy atom. The number of carbonyl (C=O) groups is 1. The molecule has 2 aliphatic rings. The molecule has 0 radical (unpaired) electrons. The summed E-state index contributed by atoms with van der Waals surface area (Å²) in [6.07, 6.45) is 0. The van der Waals surface area contributed by atoms with Crippen LogP contribution in [0, 0.1) is 12.7 Å². The van der Waals surface area contributed by atoms with Crippen LogP contribution < -0.4 is 13.9 Å². The number of alkyl halides is 2. The van der Waals surface area contributed by atoms with Crippen molar-refractivity contribution in [2.45, 2.75) is 43.9 Å². The van der Waals surface area contributed by atoms with Crippen LogP contribution in [0.1, 0.15) is 19.4 Å². The lowest BCUT2D eigenvalue weighted by Gasteiger charge is -2.51. The zero-order valence-electron chi connectivity index (χ0n) is 22.7. The minimum absolute atomic E-state index is 0.0435. The first-order chi connectivity index (χ1) is 19.3. The zero-order chi connectivity index (χ0) is 29.7. The third-order valence-corrected chi connectivity index (χ3v) is 9.51. The number of ether oxygens (including phenoxy) is 1. The predicted octanol–water partition coefficient (Wildman–Crippen LogP) is 4.97. The summed E-state index contributed by atoms with van der Waals surface area (Å²) in [4.78, 5) is 16.0. The molecule has 8 nitrogen and oxygen atoms in total. The second kappa shape index (κ2) is 10.6. The fourth-order valence-corrected chi connectivity index (χ4v) is 7.05. The summed E-state index contributed by atoms with van der Waals surface area (Å²) >= 11 is 0. The third-order valence-electron chi connectivity index (χ3n) is 7.73. The average molecular weight is 590 g/mol. The number of sulfonamides is 1. The summed E-state index contributed by atoms with van der Waals surface area (Å²) in [5.41, 5.74) is 1.24. The maximum Gasteiger partial charge on any atom is 0.387 e. The first-order valence-electron chi connectivity index (χ1n) is 13.0. The second-order valence-electron chi connectivity index (χ2n) is 10.8. The van der Waals surface area contributed by atoms with Crippen molar-refractivity contribution >= 4 is 27.4 Å². The van der Waals surface area contributed by atoms with E-state index in [0.29, 0.717) is 36.6 Å². The molecule has 0 aromatic heterocycles. The van der Waals surface area contributed by atoms with Crippen molar-refractivity contribution in [1.29, 1.82) is 0 Å². The van der Waals surface area contributed by atoms with Crippen molar-refractivity contribution in [3.05, 3.63) is 72.0 Å². The normalized spacial score (nSPS) is 17.8. The van der Waals surface area contributed by atoms with Crippen molar-refractivity contribution < 1.29 is 36.2 Å². The molecule has 0 amide bonds. The molecule has 0 spiro atoms. The van der Waals surface area contributed by atoms with E-state index in [9.17, 15) is 31.5 Å². The van der Waals surface area contributed by atoms with E-state index in [0.717, 1.165) is 17.7 Å². The van der Waals surface area contributed by atoms with Gasteiger partial charge in [-0.15, -0.1) is 0 Å². The summed E-state index contributed by atoms with van der Waals surface area (Å²) in [6.45, 7) is 3.17.